The van der Waals surface area contributed by atoms with E-state index in [-0.39, 0.29) is 23.1 Å². The minimum Gasteiger partial charge on any atom is -0.382 e. The number of piperazine rings is 1. The molecule has 218 valence electrons. The van der Waals surface area contributed by atoms with Crippen LogP contribution in [-0.4, -0.2) is 48.0 Å². The number of alkyl halides is 3. The van der Waals surface area contributed by atoms with Gasteiger partial charge in [0.15, 0.2) is 0 Å². The molecule has 1 saturated heterocycles. The van der Waals surface area contributed by atoms with Gasteiger partial charge in [-0.3, -0.25) is 14.9 Å². The van der Waals surface area contributed by atoms with Crippen LogP contribution >= 0.6 is 0 Å². The first-order valence-electron chi connectivity index (χ1n) is 14.1. The maximum absolute atomic E-state index is 13.3. The molecule has 2 fully saturated rings. The van der Waals surface area contributed by atoms with E-state index in [2.05, 4.69) is 55.3 Å². The first kappa shape index (κ1) is 29.7. The second-order valence-corrected chi connectivity index (χ2v) is 12.1. The third-order valence-corrected chi connectivity index (χ3v) is 8.21. The largest absolute Gasteiger partial charge is 0.423 e. The van der Waals surface area contributed by atoms with E-state index in [1.165, 1.54) is 17.3 Å². The number of nitro benzene ring substituents is 1. The van der Waals surface area contributed by atoms with Crippen molar-refractivity contribution >= 4 is 23.0 Å². The Labute approximate surface area is 233 Å². The molecule has 0 atom stereocenters. The highest BCUT2D eigenvalue weighted by atomic mass is 19.4. The summed E-state index contributed by atoms with van der Waals surface area (Å²) in [6.45, 7) is 9.66. The first-order chi connectivity index (χ1) is 18.8. The Bertz CT molecular complexity index is 1180. The third-order valence-electron chi connectivity index (χ3n) is 8.21. The minimum absolute atomic E-state index is 0.0000304. The molecular weight excluding hydrogens is 521 g/mol. The van der Waals surface area contributed by atoms with Gasteiger partial charge in [0.25, 0.3) is 5.69 Å². The number of hydrogen-bond donors (Lipinski definition) is 1. The van der Waals surface area contributed by atoms with E-state index < -0.39 is 22.4 Å². The monoisotopic (exact) mass is 560 g/mol. The molecule has 0 spiro atoms. The van der Waals surface area contributed by atoms with Crippen molar-refractivity contribution in [1.82, 2.24) is 4.90 Å². The fourth-order valence-electron chi connectivity index (χ4n) is 5.72. The lowest BCUT2D eigenvalue weighted by Crippen LogP contribution is -2.48. The number of benzene rings is 2. The Morgan fingerprint density at radius 1 is 0.975 bits per heavy atom. The maximum Gasteiger partial charge on any atom is 0.423 e. The Balaban J connectivity index is 1.19. The second kappa shape index (κ2) is 12.1. The zero-order chi connectivity index (χ0) is 29.1. The molecule has 2 aliphatic rings. The van der Waals surface area contributed by atoms with Gasteiger partial charge in [-0.25, -0.2) is 0 Å². The van der Waals surface area contributed by atoms with Crippen LogP contribution in [0, 0.1) is 16.0 Å². The molecule has 4 rings (SSSR count). The number of nitrogens with one attached hydrogen (secondary N) is 1. The van der Waals surface area contributed by atoms with Crippen molar-refractivity contribution in [1.29, 1.82) is 0 Å². The van der Waals surface area contributed by atoms with Crippen LogP contribution in [0.1, 0.15) is 70.4 Å². The molecular formula is C30H39F3N4O3. The van der Waals surface area contributed by atoms with Crippen molar-refractivity contribution < 1.29 is 22.9 Å². The van der Waals surface area contributed by atoms with Crippen LogP contribution in [0.4, 0.5) is 30.2 Å². The van der Waals surface area contributed by atoms with E-state index in [9.17, 15) is 28.1 Å². The molecule has 2 aromatic rings. The smallest absolute Gasteiger partial charge is 0.382 e. The van der Waals surface area contributed by atoms with Gasteiger partial charge in [-0.2, -0.15) is 13.2 Å². The Morgan fingerprint density at radius 3 is 2.15 bits per heavy atom. The molecule has 0 aromatic heterocycles. The maximum atomic E-state index is 13.3. The fraction of sp³-hybridized carbons (Fsp3) is 0.567. The lowest BCUT2D eigenvalue weighted by molar-refractivity contribution is -0.388. The summed E-state index contributed by atoms with van der Waals surface area (Å²) in [7, 11) is 0. The zero-order valence-corrected chi connectivity index (χ0v) is 23.5. The molecule has 0 unspecified atom stereocenters. The lowest BCUT2D eigenvalue weighted by Gasteiger charge is -2.37. The predicted octanol–water partition coefficient (Wildman–Crippen LogP) is 7.01. The highest BCUT2D eigenvalue weighted by molar-refractivity contribution is 5.76. The fourth-order valence-corrected chi connectivity index (χ4v) is 5.72. The molecule has 0 radical (unpaired) electrons. The molecule has 1 aliphatic carbocycles. The number of anilines is 2. The van der Waals surface area contributed by atoms with Crippen LogP contribution in [0.2, 0.25) is 0 Å². The summed E-state index contributed by atoms with van der Waals surface area (Å²) < 4.78 is 39.8. The van der Waals surface area contributed by atoms with Gasteiger partial charge in [0, 0.05) is 56.1 Å². The summed E-state index contributed by atoms with van der Waals surface area (Å²) in [6.07, 6.45) is -0.122. The normalized spacial score (nSPS) is 20.4. The van der Waals surface area contributed by atoms with E-state index >= 15 is 0 Å². The number of carbonyl (C=O) groups is 1. The molecule has 1 aliphatic heterocycles. The summed E-state index contributed by atoms with van der Waals surface area (Å²) in [5.41, 5.74) is 0.663. The van der Waals surface area contributed by atoms with Gasteiger partial charge in [-0.05, 0) is 73.3 Å². The number of halogens is 3. The molecule has 40 heavy (non-hydrogen) atoms. The van der Waals surface area contributed by atoms with E-state index in [0.717, 1.165) is 57.3 Å². The molecule has 10 heteroatoms. The third kappa shape index (κ3) is 7.46. The topological polar surface area (TPSA) is 78.7 Å². The van der Waals surface area contributed by atoms with Crippen molar-refractivity contribution in [2.45, 2.75) is 76.9 Å². The number of nitrogens with zero attached hydrogens (tertiary/aromatic N) is 3. The average Bonchev–Trinajstić information content (AvgIpc) is 2.91. The van der Waals surface area contributed by atoms with Gasteiger partial charge in [0.05, 0.1) is 4.92 Å². The lowest BCUT2D eigenvalue weighted by atomic mass is 9.83. The SMILES string of the molecule is CC(C)(C)c1ccc(N2CCN(C(=O)CCC3CCC(Nc4ccc([N+](=O)[O-])c(C(F)(F)F)c4)CC3)CC2)cc1. The van der Waals surface area contributed by atoms with Gasteiger partial charge in [0.2, 0.25) is 5.91 Å². The number of carbonyl (C=O) groups excluding carboxylic acids is 1. The second-order valence-electron chi connectivity index (χ2n) is 12.1. The number of nitro groups is 1. The Kier molecular flexibility index (Phi) is 8.95. The van der Waals surface area contributed by atoms with E-state index in [1.807, 2.05) is 4.90 Å². The number of hydrogen-bond acceptors (Lipinski definition) is 5. The van der Waals surface area contributed by atoms with Crippen LogP contribution in [0.3, 0.4) is 0 Å². The van der Waals surface area contributed by atoms with Crippen LogP contribution in [0.15, 0.2) is 42.5 Å². The van der Waals surface area contributed by atoms with Gasteiger partial charge < -0.3 is 15.1 Å². The highest BCUT2D eigenvalue weighted by Gasteiger charge is 2.38. The Hall–Kier alpha value is -3.30. The number of rotatable bonds is 7. The van der Waals surface area contributed by atoms with Crippen LogP contribution < -0.4 is 10.2 Å². The Morgan fingerprint density at radius 2 is 1.60 bits per heavy atom. The summed E-state index contributed by atoms with van der Waals surface area (Å²) in [5.74, 6) is 0.598. The average molecular weight is 561 g/mol. The minimum atomic E-state index is -4.80. The molecule has 1 saturated carbocycles. The highest BCUT2D eigenvalue weighted by Crippen LogP contribution is 2.38. The van der Waals surface area contributed by atoms with Crippen molar-refractivity contribution in [3.8, 4) is 0 Å². The molecule has 1 heterocycles. The summed E-state index contributed by atoms with van der Waals surface area (Å²) in [6, 6.07) is 11.8. The number of amides is 1. The molecule has 7 nitrogen and oxygen atoms in total. The van der Waals surface area contributed by atoms with Gasteiger partial charge >= 0.3 is 6.18 Å². The summed E-state index contributed by atoms with van der Waals surface area (Å²) >= 11 is 0. The van der Waals surface area contributed by atoms with E-state index in [0.29, 0.717) is 25.4 Å². The van der Waals surface area contributed by atoms with Crippen molar-refractivity contribution in [2.75, 3.05) is 36.4 Å². The van der Waals surface area contributed by atoms with Gasteiger partial charge in [-0.1, -0.05) is 32.9 Å². The van der Waals surface area contributed by atoms with Crippen molar-refractivity contribution in [3.05, 3.63) is 63.7 Å². The predicted molar refractivity (Wildman–Crippen MR) is 151 cm³/mol. The summed E-state index contributed by atoms with van der Waals surface area (Å²) in [4.78, 5) is 27.1. The van der Waals surface area contributed by atoms with Crippen LogP contribution in [0.25, 0.3) is 0 Å². The van der Waals surface area contributed by atoms with Crippen LogP contribution in [0.5, 0.6) is 0 Å². The summed E-state index contributed by atoms with van der Waals surface area (Å²) in [5, 5.41) is 14.1. The van der Waals surface area contributed by atoms with E-state index in [4.69, 9.17) is 0 Å². The van der Waals surface area contributed by atoms with Crippen LogP contribution in [-0.2, 0) is 16.4 Å². The first-order valence-corrected chi connectivity index (χ1v) is 14.1. The molecule has 2 aromatic carbocycles. The quantitative estimate of drug-likeness (QED) is 0.291. The molecule has 0 bridgehead atoms. The zero-order valence-electron chi connectivity index (χ0n) is 23.5. The van der Waals surface area contributed by atoms with Gasteiger partial charge in [-0.15, -0.1) is 0 Å². The van der Waals surface area contributed by atoms with Crippen molar-refractivity contribution in [2.24, 2.45) is 5.92 Å². The van der Waals surface area contributed by atoms with Crippen molar-refractivity contribution in [3.63, 3.8) is 0 Å². The molecule has 1 N–H and O–H groups in total. The molecule has 1 amide bonds. The standard InChI is InChI=1S/C30H39F3N4O3/c1-29(2,3)22-7-12-25(13-8-22)35-16-18-36(19-17-35)28(38)15-6-21-4-9-23(10-5-21)34-24-11-14-27(37(39)40)26(20-24)30(31,32)33/h7-8,11-14,20-21,23,34H,4-6,9-10,15-19H2,1-3H3. The van der Waals surface area contributed by atoms with Gasteiger partial charge in [0.1, 0.15) is 5.56 Å². The van der Waals surface area contributed by atoms with E-state index in [1.54, 1.807) is 0 Å².